The lowest BCUT2D eigenvalue weighted by atomic mass is 10.3. The topological polar surface area (TPSA) is 54.9 Å². The molecule has 0 bridgehead atoms. The summed E-state index contributed by atoms with van der Waals surface area (Å²) in [7, 11) is 1.69. The van der Waals surface area contributed by atoms with Crippen molar-refractivity contribution in [3.05, 3.63) is 20.5 Å². The molecule has 0 atom stereocenters. The van der Waals surface area contributed by atoms with E-state index >= 15 is 0 Å². The normalized spacial score (nSPS) is 10.0. The Hall–Kier alpha value is -0.840. The minimum Gasteiger partial charge on any atom is -0.303 e. The molecule has 1 N–H and O–H groups in total. The molecule has 0 aliphatic rings. The molecule has 11 heavy (non-hydrogen) atoms. The zero-order valence-corrected chi connectivity index (χ0v) is 7.51. The predicted octanol–water partition coefficient (Wildman–Crippen LogP) is 0.217. The third-order valence-corrected chi connectivity index (χ3v) is 2.38. The predicted molar refractivity (Wildman–Crippen MR) is 43.5 cm³/mol. The highest BCUT2D eigenvalue weighted by molar-refractivity contribution is 9.10. The van der Waals surface area contributed by atoms with Crippen molar-refractivity contribution in [2.75, 3.05) is 0 Å². The molecule has 1 heterocycles. The number of rotatable bonds is 2. The molecule has 1 aromatic heterocycles. The van der Waals surface area contributed by atoms with Crippen LogP contribution in [0.5, 0.6) is 0 Å². The first-order valence-electron chi connectivity index (χ1n) is 3.04. The summed E-state index contributed by atoms with van der Waals surface area (Å²) in [5.74, 6) is 0. The van der Waals surface area contributed by atoms with Gasteiger partial charge in [-0.3, -0.25) is 14.6 Å². The molecule has 4 nitrogen and oxygen atoms in total. The number of nitrogens with zero attached hydrogens (tertiary/aromatic N) is 1. The van der Waals surface area contributed by atoms with Crippen LogP contribution in [0.2, 0.25) is 0 Å². The first-order valence-corrected chi connectivity index (χ1v) is 3.83. The number of aromatic amines is 1. The maximum atomic E-state index is 11.0. The lowest BCUT2D eigenvalue weighted by Crippen LogP contribution is -2.06. The van der Waals surface area contributed by atoms with E-state index in [1.54, 1.807) is 7.05 Å². The average molecular weight is 219 g/mol. The number of nitrogens with one attached hydrogen (secondary N) is 1. The van der Waals surface area contributed by atoms with E-state index in [4.69, 9.17) is 0 Å². The highest BCUT2D eigenvalue weighted by Crippen LogP contribution is 2.10. The molecule has 1 rings (SSSR count). The van der Waals surface area contributed by atoms with Gasteiger partial charge in [-0.25, -0.2) is 0 Å². The number of aldehydes is 1. The Labute approximate surface area is 71.3 Å². The molecule has 0 spiro atoms. The Bertz CT molecular complexity index is 326. The van der Waals surface area contributed by atoms with Gasteiger partial charge < -0.3 is 4.79 Å². The van der Waals surface area contributed by atoms with Crippen molar-refractivity contribution in [1.29, 1.82) is 0 Å². The van der Waals surface area contributed by atoms with Gasteiger partial charge in [-0.2, -0.15) is 0 Å². The Morgan fingerprint density at radius 1 is 1.73 bits per heavy atom. The van der Waals surface area contributed by atoms with E-state index < -0.39 is 0 Å². The largest absolute Gasteiger partial charge is 0.303 e. The Morgan fingerprint density at radius 2 is 2.36 bits per heavy atom. The SMILES string of the molecule is Cn1[nH]c(=O)c(CC=O)c1Br. The maximum absolute atomic E-state index is 11.0. The zero-order chi connectivity index (χ0) is 8.43. The fourth-order valence-corrected chi connectivity index (χ4v) is 1.26. The fourth-order valence-electron chi connectivity index (χ4n) is 0.825. The number of H-pyrrole nitrogens is 1. The summed E-state index contributed by atoms with van der Waals surface area (Å²) < 4.78 is 2.16. The summed E-state index contributed by atoms with van der Waals surface area (Å²) in [6.07, 6.45) is 0.853. The number of aromatic nitrogens is 2. The molecule has 0 saturated carbocycles. The smallest absolute Gasteiger partial charge is 0.268 e. The van der Waals surface area contributed by atoms with E-state index in [-0.39, 0.29) is 12.0 Å². The van der Waals surface area contributed by atoms with Gasteiger partial charge in [0.1, 0.15) is 10.9 Å². The van der Waals surface area contributed by atoms with E-state index in [2.05, 4.69) is 21.0 Å². The van der Waals surface area contributed by atoms with Gasteiger partial charge in [0.15, 0.2) is 0 Å². The van der Waals surface area contributed by atoms with Crippen LogP contribution >= 0.6 is 15.9 Å². The molecular formula is C6H7BrN2O2. The lowest BCUT2D eigenvalue weighted by molar-refractivity contribution is -0.107. The summed E-state index contributed by atoms with van der Waals surface area (Å²) in [5, 5.41) is 2.52. The summed E-state index contributed by atoms with van der Waals surface area (Å²) in [6, 6.07) is 0. The molecule has 60 valence electrons. The van der Waals surface area contributed by atoms with Gasteiger partial charge >= 0.3 is 0 Å². The van der Waals surface area contributed by atoms with Crippen molar-refractivity contribution in [3.8, 4) is 0 Å². The van der Waals surface area contributed by atoms with E-state index in [0.29, 0.717) is 16.5 Å². The van der Waals surface area contributed by atoms with Crippen LogP contribution in [0, 0.1) is 0 Å². The Kier molecular flexibility index (Phi) is 2.28. The van der Waals surface area contributed by atoms with Gasteiger partial charge in [0.25, 0.3) is 5.56 Å². The number of hydrogen-bond acceptors (Lipinski definition) is 2. The van der Waals surface area contributed by atoms with Crippen molar-refractivity contribution in [3.63, 3.8) is 0 Å². The molecular weight excluding hydrogens is 212 g/mol. The summed E-state index contributed by atoms with van der Waals surface area (Å²) in [6.45, 7) is 0. The van der Waals surface area contributed by atoms with Crippen LogP contribution in [0.25, 0.3) is 0 Å². The minimum absolute atomic E-state index is 0.150. The maximum Gasteiger partial charge on any atom is 0.268 e. The monoisotopic (exact) mass is 218 g/mol. The van der Waals surface area contributed by atoms with Crippen LogP contribution < -0.4 is 5.56 Å². The van der Waals surface area contributed by atoms with E-state index in [1.807, 2.05) is 0 Å². The number of carbonyl (C=O) groups is 1. The first kappa shape index (κ1) is 8.26. The van der Waals surface area contributed by atoms with E-state index in [0.717, 1.165) is 0 Å². The van der Waals surface area contributed by atoms with Crippen LogP contribution in [-0.2, 0) is 18.3 Å². The van der Waals surface area contributed by atoms with Crippen molar-refractivity contribution in [2.24, 2.45) is 7.05 Å². The third kappa shape index (κ3) is 1.42. The van der Waals surface area contributed by atoms with Crippen molar-refractivity contribution < 1.29 is 4.79 Å². The van der Waals surface area contributed by atoms with Gasteiger partial charge in [0, 0.05) is 13.5 Å². The number of carbonyl (C=O) groups excluding carboxylic acids is 1. The van der Waals surface area contributed by atoms with Gasteiger partial charge in [-0.05, 0) is 15.9 Å². The van der Waals surface area contributed by atoms with Crippen LogP contribution in [0.3, 0.4) is 0 Å². The first-order chi connectivity index (χ1) is 5.16. The molecule has 0 aliphatic heterocycles. The van der Waals surface area contributed by atoms with Gasteiger partial charge in [-0.15, -0.1) is 0 Å². The molecule has 0 aromatic carbocycles. The second kappa shape index (κ2) is 3.04. The molecule has 0 fully saturated rings. The Morgan fingerprint density at radius 3 is 2.73 bits per heavy atom. The second-order valence-electron chi connectivity index (χ2n) is 2.14. The quantitative estimate of drug-likeness (QED) is 0.723. The summed E-state index contributed by atoms with van der Waals surface area (Å²) in [5.41, 5.74) is 0.258. The Balaban J connectivity index is 3.22. The number of aryl methyl sites for hydroxylation is 1. The minimum atomic E-state index is -0.216. The second-order valence-corrected chi connectivity index (χ2v) is 2.89. The highest BCUT2D eigenvalue weighted by atomic mass is 79.9. The molecule has 0 aliphatic carbocycles. The third-order valence-electron chi connectivity index (χ3n) is 1.37. The summed E-state index contributed by atoms with van der Waals surface area (Å²) >= 11 is 3.17. The molecule has 0 radical (unpaired) electrons. The lowest BCUT2D eigenvalue weighted by Gasteiger charge is -1.91. The van der Waals surface area contributed by atoms with Crippen LogP contribution in [0.1, 0.15) is 5.56 Å². The van der Waals surface area contributed by atoms with Gasteiger partial charge in [-0.1, -0.05) is 0 Å². The van der Waals surface area contributed by atoms with Crippen LogP contribution in [0.15, 0.2) is 9.40 Å². The molecule has 0 unspecified atom stereocenters. The van der Waals surface area contributed by atoms with Crippen molar-refractivity contribution in [2.45, 2.75) is 6.42 Å². The number of hydrogen-bond donors (Lipinski definition) is 1. The fraction of sp³-hybridized carbons (Fsp3) is 0.333. The van der Waals surface area contributed by atoms with Gasteiger partial charge in [0.2, 0.25) is 0 Å². The van der Waals surface area contributed by atoms with Gasteiger partial charge in [0.05, 0.1) is 5.56 Å². The molecule has 0 amide bonds. The van der Waals surface area contributed by atoms with E-state index in [9.17, 15) is 9.59 Å². The molecule has 5 heteroatoms. The zero-order valence-electron chi connectivity index (χ0n) is 5.93. The number of halogens is 1. The highest BCUT2D eigenvalue weighted by Gasteiger charge is 2.08. The summed E-state index contributed by atoms with van der Waals surface area (Å²) in [4.78, 5) is 21.1. The molecule has 1 aromatic rings. The molecule has 0 saturated heterocycles. The van der Waals surface area contributed by atoms with Crippen molar-refractivity contribution >= 4 is 22.2 Å². The van der Waals surface area contributed by atoms with E-state index in [1.165, 1.54) is 4.68 Å². The average Bonchev–Trinajstić information content (AvgIpc) is 2.17. The van der Waals surface area contributed by atoms with Crippen LogP contribution in [-0.4, -0.2) is 16.1 Å². The van der Waals surface area contributed by atoms with Crippen LogP contribution in [0.4, 0.5) is 0 Å². The standard InChI is InChI=1S/C6H7BrN2O2/c1-9-5(7)4(2-3-10)6(11)8-9/h3H,2H2,1H3,(H,8,11). The van der Waals surface area contributed by atoms with Crippen molar-refractivity contribution in [1.82, 2.24) is 9.78 Å².